The van der Waals surface area contributed by atoms with Gasteiger partial charge in [-0.3, -0.25) is 4.79 Å². The Balaban J connectivity index is 2.02. The average molecular weight is 303 g/mol. The second-order valence-electron chi connectivity index (χ2n) is 6.10. The second-order valence-corrected chi connectivity index (χ2v) is 7.10. The molecule has 3 rings (SSSR count). The molecule has 0 radical (unpaired) electrons. The number of anilines is 1. The molecule has 5 heteroatoms. The highest BCUT2D eigenvalue weighted by atomic mass is 32.1. The molecule has 2 aromatic heterocycles. The lowest BCUT2D eigenvalue weighted by Gasteiger charge is -2.30. The first-order valence-corrected chi connectivity index (χ1v) is 8.24. The predicted molar refractivity (Wildman–Crippen MR) is 87.8 cm³/mol. The van der Waals surface area contributed by atoms with E-state index in [4.69, 9.17) is 5.73 Å². The quantitative estimate of drug-likeness (QED) is 0.878. The van der Waals surface area contributed by atoms with E-state index in [1.54, 1.807) is 0 Å². The van der Waals surface area contributed by atoms with Gasteiger partial charge >= 0.3 is 0 Å². The number of nitrogen functional groups attached to an aromatic ring is 1. The number of amides is 1. The van der Waals surface area contributed by atoms with Gasteiger partial charge < -0.3 is 10.6 Å². The van der Waals surface area contributed by atoms with Crippen molar-refractivity contribution >= 4 is 33.1 Å². The van der Waals surface area contributed by atoms with Crippen molar-refractivity contribution in [2.75, 3.05) is 18.8 Å². The van der Waals surface area contributed by atoms with Crippen molar-refractivity contribution in [3.05, 3.63) is 22.2 Å². The zero-order valence-corrected chi connectivity index (χ0v) is 13.6. The minimum absolute atomic E-state index is 0.0686. The fourth-order valence-corrected chi connectivity index (χ4v) is 4.33. The summed E-state index contributed by atoms with van der Waals surface area (Å²) in [5.41, 5.74) is 8.91. The molecule has 3 heterocycles. The van der Waals surface area contributed by atoms with Gasteiger partial charge in [-0.1, -0.05) is 6.92 Å². The topological polar surface area (TPSA) is 59.2 Å². The maximum Gasteiger partial charge on any atom is 0.266 e. The molecular formula is C16H21N3OS. The molecule has 0 aromatic carbocycles. The highest BCUT2D eigenvalue weighted by Crippen LogP contribution is 2.36. The zero-order chi connectivity index (χ0) is 15.1. The number of carbonyl (C=O) groups excluding carboxylic acids is 1. The van der Waals surface area contributed by atoms with Crippen LogP contribution in [-0.2, 0) is 0 Å². The summed E-state index contributed by atoms with van der Waals surface area (Å²) in [5, 5.41) is 0.944. The van der Waals surface area contributed by atoms with Crippen LogP contribution in [0.15, 0.2) is 6.07 Å². The van der Waals surface area contributed by atoms with Crippen LogP contribution >= 0.6 is 11.3 Å². The van der Waals surface area contributed by atoms with Crippen molar-refractivity contribution < 1.29 is 4.79 Å². The van der Waals surface area contributed by atoms with E-state index in [-0.39, 0.29) is 5.91 Å². The lowest BCUT2D eigenvalue weighted by Crippen LogP contribution is -2.39. The zero-order valence-electron chi connectivity index (χ0n) is 12.8. The molecule has 1 fully saturated rings. The summed E-state index contributed by atoms with van der Waals surface area (Å²) in [6.45, 7) is 7.86. The molecule has 112 valence electrons. The van der Waals surface area contributed by atoms with Gasteiger partial charge in [0.15, 0.2) is 0 Å². The van der Waals surface area contributed by atoms with Crippen molar-refractivity contribution in [2.45, 2.75) is 33.6 Å². The third kappa shape index (κ3) is 2.50. The van der Waals surface area contributed by atoms with Gasteiger partial charge in [-0.15, -0.1) is 11.3 Å². The third-order valence-electron chi connectivity index (χ3n) is 4.16. The van der Waals surface area contributed by atoms with Gasteiger partial charge in [0.1, 0.15) is 9.71 Å². The molecule has 0 unspecified atom stereocenters. The first kappa shape index (κ1) is 14.3. The van der Waals surface area contributed by atoms with Gasteiger partial charge in [0.2, 0.25) is 0 Å². The van der Waals surface area contributed by atoms with Crippen molar-refractivity contribution in [2.24, 2.45) is 5.92 Å². The Morgan fingerprint density at radius 1 is 1.48 bits per heavy atom. The molecule has 0 aliphatic carbocycles. The van der Waals surface area contributed by atoms with Crippen LogP contribution in [0.3, 0.4) is 0 Å². The normalized spacial score (nSPS) is 19.2. The summed E-state index contributed by atoms with van der Waals surface area (Å²) in [6.07, 6.45) is 2.28. The standard InChI is InChI=1S/C16H21N3OS/c1-9-5-4-6-19(8-9)16(20)14-13(17)12-10(2)7-11(3)18-15(12)21-14/h7,9H,4-6,8,17H2,1-3H3/t9-/m0/s1. The van der Waals surface area contributed by atoms with E-state index in [0.29, 0.717) is 16.5 Å². The smallest absolute Gasteiger partial charge is 0.266 e. The number of thiophene rings is 1. The van der Waals surface area contributed by atoms with E-state index < -0.39 is 0 Å². The largest absolute Gasteiger partial charge is 0.397 e. The fraction of sp³-hybridized carbons (Fsp3) is 0.500. The van der Waals surface area contributed by atoms with E-state index >= 15 is 0 Å². The first-order chi connectivity index (χ1) is 9.97. The van der Waals surface area contributed by atoms with Crippen molar-refractivity contribution in [3.63, 3.8) is 0 Å². The molecule has 0 bridgehead atoms. The summed E-state index contributed by atoms with van der Waals surface area (Å²) in [7, 11) is 0. The third-order valence-corrected chi connectivity index (χ3v) is 5.25. The Labute approximate surface area is 129 Å². The summed E-state index contributed by atoms with van der Waals surface area (Å²) in [6, 6.07) is 2.02. The number of aromatic nitrogens is 1. The van der Waals surface area contributed by atoms with Crippen LogP contribution in [0, 0.1) is 19.8 Å². The van der Waals surface area contributed by atoms with E-state index in [9.17, 15) is 4.79 Å². The number of piperidine rings is 1. The highest BCUT2D eigenvalue weighted by Gasteiger charge is 2.26. The summed E-state index contributed by atoms with van der Waals surface area (Å²) >= 11 is 1.43. The van der Waals surface area contributed by atoms with Crippen molar-refractivity contribution in [1.29, 1.82) is 0 Å². The molecule has 2 N–H and O–H groups in total. The molecule has 0 saturated carbocycles. The fourth-order valence-electron chi connectivity index (χ4n) is 3.15. The van der Waals surface area contributed by atoms with Crippen LogP contribution in [-0.4, -0.2) is 28.9 Å². The average Bonchev–Trinajstić information content (AvgIpc) is 2.75. The molecule has 2 aromatic rings. The number of fused-ring (bicyclic) bond motifs is 1. The van der Waals surface area contributed by atoms with Crippen LogP contribution in [0.5, 0.6) is 0 Å². The Morgan fingerprint density at radius 3 is 2.95 bits per heavy atom. The Kier molecular flexibility index (Phi) is 3.61. The number of nitrogens with two attached hydrogens (primary N) is 1. The highest BCUT2D eigenvalue weighted by molar-refractivity contribution is 7.21. The molecule has 1 aliphatic heterocycles. The van der Waals surface area contributed by atoms with E-state index in [1.165, 1.54) is 17.8 Å². The van der Waals surface area contributed by atoms with E-state index in [0.717, 1.165) is 41.0 Å². The van der Waals surface area contributed by atoms with Gasteiger partial charge in [-0.2, -0.15) is 0 Å². The minimum Gasteiger partial charge on any atom is -0.397 e. The van der Waals surface area contributed by atoms with Crippen molar-refractivity contribution in [1.82, 2.24) is 9.88 Å². The number of hydrogen-bond donors (Lipinski definition) is 1. The van der Waals surface area contributed by atoms with Gasteiger partial charge in [0.05, 0.1) is 5.69 Å². The SMILES string of the molecule is Cc1cc(C)c2c(N)c(C(=O)N3CCC[C@H](C)C3)sc2n1. The predicted octanol–water partition coefficient (Wildman–Crippen LogP) is 3.37. The Bertz CT molecular complexity index is 707. The van der Waals surface area contributed by atoms with E-state index in [1.807, 2.05) is 24.8 Å². The first-order valence-electron chi connectivity index (χ1n) is 7.43. The molecular weight excluding hydrogens is 282 g/mol. The minimum atomic E-state index is 0.0686. The number of likely N-dealkylation sites (tertiary alicyclic amines) is 1. The molecule has 21 heavy (non-hydrogen) atoms. The molecule has 1 aliphatic rings. The van der Waals surface area contributed by atoms with Crippen LogP contribution in [0.2, 0.25) is 0 Å². The van der Waals surface area contributed by atoms with Gasteiger partial charge in [0, 0.05) is 24.2 Å². The monoisotopic (exact) mass is 303 g/mol. The molecule has 1 atom stereocenters. The van der Waals surface area contributed by atoms with E-state index in [2.05, 4.69) is 11.9 Å². The molecule has 1 amide bonds. The van der Waals surface area contributed by atoms with Crippen LogP contribution in [0.1, 0.15) is 40.7 Å². The molecule has 0 spiro atoms. The maximum atomic E-state index is 12.8. The lowest BCUT2D eigenvalue weighted by molar-refractivity contribution is 0.0689. The van der Waals surface area contributed by atoms with Crippen LogP contribution < -0.4 is 5.73 Å². The Hall–Kier alpha value is -1.62. The summed E-state index contributed by atoms with van der Waals surface area (Å²) < 4.78 is 0. The summed E-state index contributed by atoms with van der Waals surface area (Å²) in [5.74, 6) is 0.638. The van der Waals surface area contributed by atoms with Gasteiger partial charge in [-0.05, 0) is 44.2 Å². The lowest BCUT2D eigenvalue weighted by atomic mass is 10.00. The molecule has 1 saturated heterocycles. The number of rotatable bonds is 1. The van der Waals surface area contributed by atoms with Crippen molar-refractivity contribution in [3.8, 4) is 0 Å². The van der Waals surface area contributed by atoms with Crippen LogP contribution in [0.4, 0.5) is 5.69 Å². The maximum absolute atomic E-state index is 12.8. The number of hydrogen-bond acceptors (Lipinski definition) is 4. The second kappa shape index (κ2) is 5.30. The number of pyridine rings is 1. The molecule has 4 nitrogen and oxygen atoms in total. The number of aryl methyl sites for hydroxylation is 2. The Morgan fingerprint density at radius 2 is 2.24 bits per heavy atom. The van der Waals surface area contributed by atoms with Gasteiger partial charge in [0.25, 0.3) is 5.91 Å². The number of carbonyl (C=O) groups is 1. The van der Waals surface area contributed by atoms with Gasteiger partial charge in [-0.25, -0.2) is 4.98 Å². The van der Waals surface area contributed by atoms with Crippen LogP contribution in [0.25, 0.3) is 10.2 Å². The number of nitrogens with zero attached hydrogens (tertiary/aromatic N) is 2. The summed E-state index contributed by atoms with van der Waals surface area (Å²) in [4.78, 5) is 20.8.